The van der Waals surface area contributed by atoms with Gasteiger partial charge < -0.3 is 19.9 Å². The van der Waals surface area contributed by atoms with Gasteiger partial charge in [0.25, 0.3) is 0 Å². The molecule has 3 rings (SSSR count). The highest BCUT2D eigenvalue weighted by molar-refractivity contribution is 6.01. The molecule has 0 radical (unpaired) electrons. The minimum absolute atomic E-state index is 0.0587. The van der Waals surface area contributed by atoms with Crippen molar-refractivity contribution < 1.29 is 23.8 Å². The van der Waals surface area contributed by atoms with Crippen LogP contribution in [0.5, 0.6) is 5.75 Å². The van der Waals surface area contributed by atoms with Crippen molar-refractivity contribution >= 4 is 11.8 Å². The minimum Gasteiger partial charge on any atom is -0.489 e. The Morgan fingerprint density at radius 3 is 2.47 bits per heavy atom. The van der Waals surface area contributed by atoms with Crippen LogP contribution in [0.2, 0.25) is 0 Å². The molecule has 0 spiro atoms. The molecule has 0 fully saturated rings. The Hall–Kier alpha value is -3.54. The molecule has 1 aliphatic rings. The number of ketones is 1. The van der Waals surface area contributed by atoms with Crippen LogP contribution in [0.3, 0.4) is 0 Å². The zero-order valence-electron chi connectivity index (χ0n) is 17.3. The lowest BCUT2D eigenvalue weighted by Gasteiger charge is -2.29. The number of hydrogen-bond acceptors (Lipinski definition) is 6. The third kappa shape index (κ3) is 4.54. The van der Waals surface area contributed by atoms with E-state index in [2.05, 4.69) is 0 Å². The Labute approximate surface area is 175 Å². The van der Waals surface area contributed by atoms with Gasteiger partial charge in [-0.1, -0.05) is 42.5 Å². The van der Waals surface area contributed by atoms with Crippen molar-refractivity contribution in [1.29, 1.82) is 0 Å². The topological polar surface area (TPSA) is 87.9 Å². The molecular weight excluding hydrogens is 382 g/mol. The number of benzene rings is 2. The molecule has 0 aromatic heterocycles. The summed E-state index contributed by atoms with van der Waals surface area (Å²) >= 11 is 0. The van der Waals surface area contributed by atoms with E-state index in [0.29, 0.717) is 29.3 Å². The molecule has 1 atom stereocenters. The molecule has 156 valence electrons. The number of allylic oxidation sites excluding steroid dienone is 2. The van der Waals surface area contributed by atoms with Gasteiger partial charge in [0, 0.05) is 5.57 Å². The number of carbonyl (C=O) groups excluding carboxylic acids is 2. The van der Waals surface area contributed by atoms with E-state index in [9.17, 15) is 9.59 Å². The first-order valence-corrected chi connectivity index (χ1v) is 9.75. The van der Waals surface area contributed by atoms with Gasteiger partial charge in [-0.05, 0) is 44.0 Å². The summed E-state index contributed by atoms with van der Waals surface area (Å²) in [5, 5.41) is 0. The van der Waals surface area contributed by atoms with Gasteiger partial charge in [-0.3, -0.25) is 4.79 Å². The van der Waals surface area contributed by atoms with Crippen molar-refractivity contribution in [2.24, 2.45) is 5.73 Å². The molecule has 6 heteroatoms. The van der Waals surface area contributed by atoms with E-state index in [4.69, 9.17) is 19.9 Å². The summed E-state index contributed by atoms with van der Waals surface area (Å²) in [6.07, 6.45) is 0. The Balaban J connectivity index is 1.99. The molecule has 6 nitrogen and oxygen atoms in total. The summed E-state index contributed by atoms with van der Waals surface area (Å²) < 4.78 is 16.6. The maximum Gasteiger partial charge on any atom is 0.340 e. The van der Waals surface area contributed by atoms with E-state index in [1.165, 1.54) is 6.92 Å². The summed E-state index contributed by atoms with van der Waals surface area (Å²) in [6.45, 7) is 5.39. The van der Waals surface area contributed by atoms with Gasteiger partial charge in [0.1, 0.15) is 23.7 Å². The van der Waals surface area contributed by atoms with E-state index in [0.717, 1.165) is 5.56 Å². The average molecular weight is 407 g/mol. The molecule has 0 saturated heterocycles. The SMILES string of the molecule is CCOC(=O)C1=C(N)OC(C)=C(C(C)=O)[C@H]1c1cccc(OCc2ccccc2)c1. The highest BCUT2D eigenvalue weighted by Gasteiger charge is 2.38. The summed E-state index contributed by atoms with van der Waals surface area (Å²) in [5.41, 5.74) is 8.26. The van der Waals surface area contributed by atoms with Crippen molar-refractivity contribution in [3.05, 3.63) is 88.5 Å². The van der Waals surface area contributed by atoms with Crippen molar-refractivity contribution in [3.8, 4) is 5.75 Å². The van der Waals surface area contributed by atoms with E-state index in [1.807, 2.05) is 54.6 Å². The van der Waals surface area contributed by atoms with E-state index < -0.39 is 11.9 Å². The molecular formula is C24H25NO5. The molecule has 0 aliphatic carbocycles. The second kappa shape index (κ2) is 9.31. The predicted octanol–water partition coefficient (Wildman–Crippen LogP) is 3.98. The summed E-state index contributed by atoms with van der Waals surface area (Å²) in [5.74, 6) is -0.588. The number of carbonyl (C=O) groups is 2. The van der Waals surface area contributed by atoms with Crippen LogP contribution in [0.15, 0.2) is 77.4 Å². The van der Waals surface area contributed by atoms with E-state index >= 15 is 0 Å². The maximum absolute atomic E-state index is 12.7. The largest absolute Gasteiger partial charge is 0.489 e. The Kier molecular flexibility index (Phi) is 6.57. The number of Topliss-reactive ketones (excluding diaryl/α,β-unsaturated/α-hetero) is 1. The number of rotatable bonds is 7. The molecule has 1 aliphatic heterocycles. The first-order valence-electron chi connectivity index (χ1n) is 9.75. The second-order valence-corrected chi connectivity index (χ2v) is 6.91. The van der Waals surface area contributed by atoms with Crippen LogP contribution in [0.4, 0.5) is 0 Å². The lowest BCUT2D eigenvalue weighted by atomic mass is 9.81. The van der Waals surface area contributed by atoms with Gasteiger partial charge in [-0.15, -0.1) is 0 Å². The first-order chi connectivity index (χ1) is 14.4. The first kappa shape index (κ1) is 21.2. The van der Waals surface area contributed by atoms with Gasteiger partial charge in [-0.2, -0.15) is 0 Å². The Morgan fingerprint density at radius 2 is 1.80 bits per heavy atom. The molecule has 0 unspecified atom stereocenters. The quantitative estimate of drug-likeness (QED) is 0.699. The highest BCUT2D eigenvalue weighted by atomic mass is 16.5. The van der Waals surface area contributed by atoms with Gasteiger partial charge in [0.15, 0.2) is 5.78 Å². The fourth-order valence-corrected chi connectivity index (χ4v) is 3.50. The third-order valence-electron chi connectivity index (χ3n) is 4.80. The van der Waals surface area contributed by atoms with Crippen molar-refractivity contribution in [3.63, 3.8) is 0 Å². The lowest BCUT2D eigenvalue weighted by Crippen LogP contribution is -2.28. The molecule has 1 heterocycles. The standard InChI is InChI=1S/C24H25NO5/c1-4-28-24(27)22-21(20(15(2)26)16(3)30-23(22)25)18-11-8-12-19(13-18)29-14-17-9-6-5-7-10-17/h5-13,21H,4,14,25H2,1-3H3/t21-/m1/s1. The molecule has 30 heavy (non-hydrogen) atoms. The maximum atomic E-state index is 12.7. The lowest BCUT2D eigenvalue weighted by molar-refractivity contribution is -0.139. The fourth-order valence-electron chi connectivity index (χ4n) is 3.50. The van der Waals surface area contributed by atoms with Crippen LogP contribution in [-0.4, -0.2) is 18.4 Å². The molecule has 2 aromatic rings. The van der Waals surface area contributed by atoms with Gasteiger partial charge in [0.2, 0.25) is 5.88 Å². The number of esters is 1. The van der Waals surface area contributed by atoms with Crippen LogP contribution >= 0.6 is 0 Å². The number of hydrogen-bond donors (Lipinski definition) is 1. The van der Waals surface area contributed by atoms with Gasteiger partial charge in [-0.25, -0.2) is 4.79 Å². The Bertz CT molecular complexity index is 1010. The predicted molar refractivity (Wildman–Crippen MR) is 112 cm³/mol. The van der Waals surface area contributed by atoms with Crippen molar-refractivity contribution in [2.75, 3.05) is 6.61 Å². The van der Waals surface area contributed by atoms with Crippen LogP contribution in [0, 0.1) is 0 Å². The molecule has 0 amide bonds. The van der Waals surface area contributed by atoms with E-state index in [-0.39, 0.29) is 23.8 Å². The molecule has 2 N–H and O–H groups in total. The summed E-state index contributed by atoms with van der Waals surface area (Å²) in [6, 6.07) is 17.1. The van der Waals surface area contributed by atoms with E-state index in [1.54, 1.807) is 13.8 Å². The zero-order chi connectivity index (χ0) is 21.7. The average Bonchev–Trinajstić information content (AvgIpc) is 2.72. The summed E-state index contributed by atoms with van der Waals surface area (Å²) in [7, 11) is 0. The summed E-state index contributed by atoms with van der Waals surface area (Å²) in [4.78, 5) is 25.1. The highest BCUT2D eigenvalue weighted by Crippen LogP contribution is 2.41. The third-order valence-corrected chi connectivity index (χ3v) is 4.80. The van der Waals surface area contributed by atoms with Crippen LogP contribution in [-0.2, 0) is 25.7 Å². The Morgan fingerprint density at radius 1 is 1.07 bits per heavy atom. The molecule has 0 bridgehead atoms. The van der Waals surface area contributed by atoms with Crippen LogP contribution < -0.4 is 10.5 Å². The molecule has 2 aromatic carbocycles. The van der Waals surface area contributed by atoms with Crippen molar-refractivity contribution in [2.45, 2.75) is 33.3 Å². The smallest absolute Gasteiger partial charge is 0.340 e. The van der Waals surface area contributed by atoms with Crippen molar-refractivity contribution in [1.82, 2.24) is 0 Å². The van der Waals surface area contributed by atoms with Gasteiger partial charge >= 0.3 is 5.97 Å². The normalized spacial score (nSPS) is 16.2. The van der Waals surface area contributed by atoms with Crippen LogP contribution in [0.1, 0.15) is 37.8 Å². The number of ether oxygens (including phenoxy) is 3. The fraction of sp³-hybridized carbons (Fsp3) is 0.250. The second-order valence-electron chi connectivity index (χ2n) is 6.91. The van der Waals surface area contributed by atoms with Crippen LogP contribution in [0.25, 0.3) is 0 Å². The number of nitrogens with two attached hydrogens (primary N) is 1. The zero-order valence-corrected chi connectivity index (χ0v) is 17.3. The monoisotopic (exact) mass is 407 g/mol. The van der Waals surface area contributed by atoms with Gasteiger partial charge in [0.05, 0.1) is 12.5 Å². The molecule has 0 saturated carbocycles. The minimum atomic E-state index is -0.699.